The lowest BCUT2D eigenvalue weighted by atomic mass is 10.1. The third kappa shape index (κ3) is 4.67. The van der Waals surface area contributed by atoms with Gasteiger partial charge in [0.25, 0.3) is 0 Å². The van der Waals surface area contributed by atoms with E-state index < -0.39 is 5.60 Å². The first-order valence-electron chi connectivity index (χ1n) is 9.70. The van der Waals surface area contributed by atoms with Crippen molar-refractivity contribution in [3.8, 4) is 11.4 Å². The third-order valence-corrected chi connectivity index (χ3v) is 4.54. The molecule has 0 N–H and O–H groups in total. The minimum atomic E-state index is -0.469. The molecule has 0 unspecified atom stereocenters. The average molecular weight is 374 g/mol. The van der Waals surface area contributed by atoms with Gasteiger partial charge in [0.15, 0.2) is 5.82 Å². The van der Waals surface area contributed by atoms with E-state index in [1.54, 1.807) is 4.90 Å². The van der Waals surface area contributed by atoms with Gasteiger partial charge in [0.05, 0.1) is 17.8 Å². The first-order valence-corrected chi connectivity index (χ1v) is 9.70. The van der Waals surface area contributed by atoms with Gasteiger partial charge in [-0.05, 0) is 47.0 Å². The van der Waals surface area contributed by atoms with E-state index in [1.807, 2.05) is 49.5 Å². The lowest BCUT2D eigenvalue weighted by Crippen LogP contribution is -2.42. The third-order valence-electron chi connectivity index (χ3n) is 4.54. The van der Waals surface area contributed by atoms with Gasteiger partial charge < -0.3 is 9.64 Å². The fourth-order valence-electron chi connectivity index (χ4n) is 3.33. The van der Waals surface area contributed by atoms with E-state index in [4.69, 9.17) is 4.74 Å². The highest BCUT2D eigenvalue weighted by atomic mass is 16.6. The number of amides is 1. The van der Waals surface area contributed by atoms with Gasteiger partial charge in [-0.15, -0.1) is 0 Å². The topological polar surface area (TPSA) is 78.1 Å². The molecule has 3 rings (SSSR count). The van der Waals surface area contributed by atoms with Gasteiger partial charge in [-0.3, -0.25) is 4.68 Å². The van der Waals surface area contributed by atoms with E-state index in [1.165, 1.54) is 0 Å². The van der Waals surface area contributed by atoms with Crippen LogP contribution in [0, 0.1) is 6.92 Å². The molecule has 148 valence electrons. The standard InChI is InChI=1S/C19H30N6O2/c1-6-9-24-13-15(12-20-24)17-21-14(2)22-25(17)16-7-10-23(11-8-16)18(26)27-19(3,4)5/h12-13,16H,6-11H2,1-5H3. The second kappa shape index (κ2) is 7.70. The van der Waals surface area contributed by atoms with E-state index in [0.29, 0.717) is 13.1 Å². The van der Waals surface area contributed by atoms with Crippen LogP contribution in [0.2, 0.25) is 0 Å². The van der Waals surface area contributed by atoms with Crippen LogP contribution in [0.4, 0.5) is 4.79 Å². The number of carbonyl (C=O) groups excluding carboxylic acids is 1. The predicted octanol–water partition coefficient (Wildman–Crippen LogP) is 3.43. The number of aryl methyl sites for hydroxylation is 2. The summed E-state index contributed by atoms with van der Waals surface area (Å²) in [6.07, 6.45) is 6.34. The molecule has 27 heavy (non-hydrogen) atoms. The van der Waals surface area contributed by atoms with Gasteiger partial charge >= 0.3 is 6.09 Å². The fraction of sp³-hybridized carbons (Fsp3) is 0.684. The molecule has 3 heterocycles. The summed E-state index contributed by atoms with van der Waals surface area (Å²) < 4.78 is 9.43. The molecule has 0 aliphatic carbocycles. The number of hydrogen-bond acceptors (Lipinski definition) is 5. The van der Waals surface area contributed by atoms with E-state index in [9.17, 15) is 4.79 Å². The van der Waals surface area contributed by atoms with Crippen LogP contribution in [0.3, 0.4) is 0 Å². The van der Waals surface area contributed by atoms with Gasteiger partial charge in [0.2, 0.25) is 0 Å². The van der Waals surface area contributed by atoms with Crippen molar-refractivity contribution in [2.45, 2.75) is 72.1 Å². The van der Waals surface area contributed by atoms with Crippen molar-refractivity contribution < 1.29 is 9.53 Å². The van der Waals surface area contributed by atoms with Gasteiger partial charge in [-0.1, -0.05) is 6.92 Å². The van der Waals surface area contributed by atoms with Crippen molar-refractivity contribution in [2.24, 2.45) is 0 Å². The van der Waals surface area contributed by atoms with Crippen molar-refractivity contribution in [1.29, 1.82) is 0 Å². The van der Waals surface area contributed by atoms with Crippen LogP contribution in [0.25, 0.3) is 11.4 Å². The molecule has 8 heteroatoms. The monoisotopic (exact) mass is 374 g/mol. The molecule has 2 aromatic rings. The zero-order chi connectivity index (χ0) is 19.6. The Balaban J connectivity index is 1.70. The maximum absolute atomic E-state index is 12.3. The van der Waals surface area contributed by atoms with Crippen LogP contribution in [0.1, 0.15) is 58.8 Å². The van der Waals surface area contributed by atoms with Crippen molar-refractivity contribution in [2.75, 3.05) is 13.1 Å². The fourth-order valence-corrected chi connectivity index (χ4v) is 3.33. The maximum atomic E-state index is 12.3. The van der Waals surface area contributed by atoms with Crippen LogP contribution in [0.15, 0.2) is 12.4 Å². The number of aromatic nitrogens is 5. The number of piperidine rings is 1. The SMILES string of the molecule is CCCn1cc(-c2nc(C)nn2C2CCN(C(=O)OC(C)(C)C)CC2)cn1. The van der Waals surface area contributed by atoms with Gasteiger partial charge in [0.1, 0.15) is 11.4 Å². The van der Waals surface area contributed by atoms with Gasteiger partial charge in [0, 0.05) is 25.8 Å². The van der Waals surface area contributed by atoms with Gasteiger partial charge in [-0.25, -0.2) is 14.5 Å². The molecule has 1 fully saturated rings. The summed E-state index contributed by atoms with van der Waals surface area (Å²) in [4.78, 5) is 18.7. The van der Waals surface area contributed by atoms with Crippen LogP contribution >= 0.6 is 0 Å². The summed E-state index contributed by atoms with van der Waals surface area (Å²) in [6.45, 7) is 11.9. The number of ether oxygens (including phenoxy) is 1. The Labute approximate surface area is 160 Å². The summed E-state index contributed by atoms with van der Waals surface area (Å²) in [5.74, 6) is 1.60. The summed E-state index contributed by atoms with van der Waals surface area (Å²) in [6, 6.07) is 0.217. The van der Waals surface area contributed by atoms with Crippen LogP contribution in [-0.2, 0) is 11.3 Å². The molecular formula is C19H30N6O2. The summed E-state index contributed by atoms with van der Waals surface area (Å²) in [7, 11) is 0. The second-order valence-corrected chi connectivity index (χ2v) is 8.12. The number of rotatable bonds is 4. The highest BCUT2D eigenvalue weighted by molar-refractivity contribution is 5.68. The second-order valence-electron chi connectivity index (χ2n) is 8.12. The number of hydrogen-bond donors (Lipinski definition) is 0. The lowest BCUT2D eigenvalue weighted by molar-refractivity contribution is 0.0185. The van der Waals surface area contributed by atoms with Crippen molar-refractivity contribution in [1.82, 2.24) is 29.4 Å². The molecule has 1 aliphatic heterocycles. The summed E-state index contributed by atoms with van der Waals surface area (Å²) >= 11 is 0. The van der Waals surface area contributed by atoms with Crippen LogP contribution < -0.4 is 0 Å². The molecule has 0 saturated carbocycles. The Morgan fingerprint density at radius 1 is 1.30 bits per heavy atom. The highest BCUT2D eigenvalue weighted by Gasteiger charge is 2.29. The number of likely N-dealkylation sites (tertiary alicyclic amines) is 1. The lowest BCUT2D eigenvalue weighted by Gasteiger charge is -2.33. The predicted molar refractivity (Wildman–Crippen MR) is 102 cm³/mol. The molecule has 1 saturated heterocycles. The smallest absolute Gasteiger partial charge is 0.410 e. The molecule has 0 atom stereocenters. The van der Waals surface area contributed by atoms with Crippen molar-refractivity contribution in [3.63, 3.8) is 0 Å². The average Bonchev–Trinajstić information content (AvgIpc) is 3.20. The molecule has 1 amide bonds. The van der Waals surface area contributed by atoms with E-state index in [-0.39, 0.29) is 12.1 Å². The van der Waals surface area contributed by atoms with Crippen LogP contribution in [-0.4, -0.2) is 54.2 Å². The van der Waals surface area contributed by atoms with E-state index in [2.05, 4.69) is 22.1 Å². The molecule has 0 spiro atoms. The molecule has 0 radical (unpaired) electrons. The molecule has 1 aliphatic rings. The molecular weight excluding hydrogens is 344 g/mol. The van der Waals surface area contributed by atoms with Crippen molar-refractivity contribution in [3.05, 3.63) is 18.2 Å². The number of nitrogens with zero attached hydrogens (tertiary/aromatic N) is 6. The molecule has 0 aromatic carbocycles. The Bertz CT molecular complexity index is 780. The summed E-state index contributed by atoms with van der Waals surface area (Å²) in [5, 5.41) is 9.04. The number of carbonyl (C=O) groups is 1. The van der Waals surface area contributed by atoms with Crippen molar-refractivity contribution >= 4 is 6.09 Å². The van der Waals surface area contributed by atoms with Gasteiger partial charge in [-0.2, -0.15) is 10.2 Å². The minimum absolute atomic E-state index is 0.217. The quantitative estimate of drug-likeness (QED) is 0.819. The Morgan fingerprint density at radius 2 is 2.00 bits per heavy atom. The van der Waals surface area contributed by atoms with E-state index >= 15 is 0 Å². The first kappa shape index (κ1) is 19.4. The Kier molecular flexibility index (Phi) is 5.53. The van der Waals surface area contributed by atoms with Crippen LogP contribution in [0.5, 0.6) is 0 Å². The van der Waals surface area contributed by atoms with E-state index in [0.717, 1.165) is 43.0 Å². The molecule has 8 nitrogen and oxygen atoms in total. The Morgan fingerprint density at radius 3 is 2.63 bits per heavy atom. The molecule has 0 bridgehead atoms. The maximum Gasteiger partial charge on any atom is 0.410 e. The first-order chi connectivity index (χ1) is 12.8. The minimum Gasteiger partial charge on any atom is -0.444 e. The highest BCUT2D eigenvalue weighted by Crippen LogP contribution is 2.28. The zero-order valence-corrected chi connectivity index (χ0v) is 17.0. The zero-order valence-electron chi connectivity index (χ0n) is 17.0. The summed E-state index contributed by atoms with van der Waals surface area (Å²) in [5.41, 5.74) is 0.515. The Hall–Kier alpha value is -2.38. The largest absolute Gasteiger partial charge is 0.444 e. The molecule has 2 aromatic heterocycles. The normalized spacial score (nSPS) is 16.0.